The first-order valence-corrected chi connectivity index (χ1v) is 7.59. The van der Waals surface area contributed by atoms with Crippen LogP contribution in [0, 0.1) is 17.7 Å². The highest BCUT2D eigenvalue weighted by Gasteiger charge is 2.25. The molecule has 0 radical (unpaired) electrons. The predicted molar refractivity (Wildman–Crippen MR) is 85.3 cm³/mol. The third-order valence-electron chi connectivity index (χ3n) is 3.73. The smallest absolute Gasteiger partial charge is 0.244 e. The molecule has 1 aliphatic heterocycles. The van der Waals surface area contributed by atoms with Gasteiger partial charge in [0.05, 0.1) is 6.04 Å². The monoisotopic (exact) mass is 320 g/mol. The number of rotatable bonds is 2. The number of pyridine rings is 1. The average molecular weight is 320 g/mol. The molecule has 3 heterocycles. The van der Waals surface area contributed by atoms with E-state index < -0.39 is 0 Å². The fraction of sp³-hybridized carbons (Fsp3) is 0.167. The van der Waals surface area contributed by atoms with Crippen molar-refractivity contribution in [3.05, 3.63) is 65.4 Å². The Morgan fingerprint density at radius 3 is 2.75 bits per heavy atom. The molecule has 0 bridgehead atoms. The number of nitrogens with zero attached hydrogens (tertiary/aromatic N) is 3. The lowest BCUT2D eigenvalue weighted by Gasteiger charge is -2.23. The van der Waals surface area contributed by atoms with E-state index in [9.17, 15) is 4.39 Å². The van der Waals surface area contributed by atoms with Crippen molar-refractivity contribution in [3.63, 3.8) is 0 Å². The molecule has 1 N–H and O–H groups in total. The zero-order chi connectivity index (χ0) is 16.4. The summed E-state index contributed by atoms with van der Waals surface area (Å²) in [5.74, 6) is 6.61. The quantitative estimate of drug-likeness (QED) is 0.736. The molecule has 1 unspecified atom stereocenters. The number of hydrogen-bond donors (Lipinski definition) is 1. The van der Waals surface area contributed by atoms with Crippen LogP contribution in [0.5, 0.6) is 0 Å². The fourth-order valence-corrected chi connectivity index (χ4v) is 2.29. The van der Waals surface area contributed by atoms with Crippen LogP contribution in [0.2, 0.25) is 0 Å². The Morgan fingerprint density at radius 2 is 2.04 bits per heavy atom. The van der Waals surface area contributed by atoms with E-state index in [1.807, 2.05) is 6.07 Å². The molecule has 4 rings (SSSR count). The summed E-state index contributed by atoms with van der Waals surface area (Å²) in [6, 6.07) is 9.94. The minimum Gasteiger partial charge on any atom is -0.337 e. The maximum Gasteiger partial charge on any atom is 0.244 e. The first kappa shape index (κ1) is 14.5. The van der Waals surface area contributed by atoms with Gasteiger partial charge in [-0.15, -0.1) is 0 Å². The molecule has 6 heteroatoms. The zero-order valence-electron chi connectivity index (χ0n) is 12.7. The van der Waals surface area contributed by atoms with Crippen LogP contribution in [-0.4, -0.2) is 21.7 Å². The van der Waals surface area contributed by atoms with Crippen molar-refractivity contribution in [1.82, 2.24) is 20.4 Å². The molecule has 0 amide bonds. The molecule has 1 atom stereocenters. The van der Waals surface area contributed by atoms with Gasteiger partial charge in [0.2, 0.25) is 11.7 Å². The highest BCUT2D eigenvalue weighted by atomic mass is 19.1. The number of nitrogens with one attached hydrogen (secondary N) is 1. The Labute approximate surface area is 137 Å². The van der Waals surface area contributed by atoms with Crippen molar-refractivity contribution in [2.75, 3.05) is 6.54 Å². The predicted octanol–water partition coefficient (Wildman–Crippen LogP) is 2.70. The van der Waals surface area contributed by atoms with Crippen molar-refractivity contribution in [1.29, 1.82) is 0 Å². The van der Waals surface area contributed by atoms with Crippen LogP contribution in [0.25, 0.3) is 11.5 Å². The summed E-state index contributed by atoms with van der Waals surface area (Å²) in [5, 5.41) is 7.17. The molecule has 0 aliphatic carbocycles. The van der Waals surface area contributed by atoms with Crippen molar-refractivity contribution in [3.8, 4) is 23.4 Å². The van der Waals surface area contributed by atoms with Crippen LogP contribution in [-0.2, 0) is 0 Å². The van der Waals surface area contributed by atoms with E-state index in [-0.39, 0.29) is 11.9 Å². The molecular formula is C18H13FN4O. The highest BCUT2D eigenvalue weighted by Crippen LogP contribution is 2.23. The molecule has 2 aromatic heterocycles. The normalized spacial score (nSPS) is 16.1. The lowest BCUT2D eigenvalue weighted by atomic mass is 10.1. The van der Waals surface area contributed by atoms with Crippen molar-refractivity contribution >= 4 is 0 Å². The summed E-state index contributed by atoms with van der Waals surface area (Å²) in [7, 11) is 0. The second-order valence-electron chi connectivity index (χ2n) is 5.44. The van der Waals surface area contributed by atoms with Crippen LogP contribution >= 0.6 is 0 Å². The minimum atomic E-state index is -0.302. The van der Waals surface area contributed by atoms with Crippen LogP contribution in [0.3, 0.4) is 0 Å². The Bertz CT molecular complexity index is 920. The molecule has 0 spiro atoms. The first-order chi connectivity index (χ1) is 11.8. The van der Waals surface area contributed by atoms with Crippen LogP contribution in [0.1, 0.15) is 29.5 Å². The Hall–Kier alpha value is -3.04. The Morgan fingerprint density at radius 1 is 1.17 bits per heavy atom. The lowest BCUT2D eigenvalue weighted by Crippen LogP contribution is -2.35. The molecule has 0 saturated carbocycles. The van der Waals surface area contributed by atoms with Crippen molar-refractivity contribution in [2.45, 2.75) is 12.5 Å². The van der Waals surface area contributed by atoms with E-state index >= 15 is 0 Å². The van der Waals surface area contributed by atoms with E-state index in [4.69, 9.17) is 4.52 Å². The summed E-state index contributed by atoms with van der Waals surface area (Å²) in [6.07, 6.45) is 2.64. The van der Waals surface area contributed by atoms with E-state index in [1.165, 1.54) is 12.1 Å². The van der Waals surface area contributed by atoms with Crippen molar-refractivity contribution in [2.24, 2.45) is 0 Å². The van der Waals surface area contributed by atoms with Crippen LogP contribution in [0.4, 0.5) is 4.39 Å². The van der Waals surface area contributed by atoms with Gasteiger partial charge in [0.25, 0.3) is 0 Å². The molecule has 1 fully saturated rings. The highest BCUT2D eigenvalue weighted by molar-refractivity contribution is 5.51. The van der Waals surface area contributed by atoms with E-state index in [0.717, 1.165) is 18.5 Å². The first-order valence-electron chi connectivity index (χ1n) is 7.59. The minimum absolute atomic E-state index is 0.155. The van der Waals surface area contributed by atoms with E-state index in [2.05, 4.69) is 32.3 Å². The maximum atomic E-state index is 13.1. The van der Waals surface area contributed by atoms with Crippen LogP contribution < -0.4 is 5.32 Å². The SMILES string of the molecule is Fc1cccc(C#Cc2ccc(-c3noc(C4CCN4)n3)nc2)c1. The fourth-order valence-electron chi connectivity index (χ4n) is 2.29. The maximum absolute atomic E-state index is 13.1. The average Bonchev–Trinajstić information content (AvgIpc) is 3.01. The largest absolute Gasteiger partial charge is 0.337 e. The standard InChI is InChI=1S/C18H13FN4O/c19-14-3-1-2-12(10-14)4-5-13-6-7-15(21-11-13)17-22-18(24-23-17)16-8-9-20-16/h1-3,6-7,10-11,16,20H,8-9H2. The molecule has 1 aromatic carbocycles. The van der Waals surface area contributed by atoms with E-state index in [0.29, 0.717) is 23.0 Å². The molecule has 24 heavy (non-hydrogen) atoms. The summed E-state index contributed by atoms with van der Waals surface area (Å²) >= 11 is 0. The molecule has 118 valence electrons. The van der Waals surface area contributed by atoms with Gasteiger partial charge in [-0.3, -0.25) is 4.98 Å². The zero-order valence-corrected chi connectivity index (χ0v) is 12.7. The second kappa shape index (κ2) is 6.22. The number of hydrogen-bond acceptors (Lipinski definition) is 5. The van der Waals surface area contributed by atoms with Crippen molar-refractivity contribution < 1.29 is 8.91 Å². The van der Waals surface area contributed by atoms with Gasteiger partial charge in [-0.1, -0.05) is 23.1 Å². The van der Waals surface area contributed by atoms with Gasteiger partial charge in [-0.05, 0) is 43.3 Å². The number of aromatic nitrogens is 3. The topological polar surface area (TPSA) is 63.8 Å². The number of benzene rings is 1. The van der Waals surface area contributed by atoms with E-state index in [1.54, 1.807) is 24.4 Å². The molecule has 5 nitrogen and oxygen atoms in total. The molecular weight excluding hydrogens is 307 g/mol. The summed E-state index contributed by atoms with van der Waals surface area (Å²) < 4.78 is 18.4. The van der Waals surface area contributed by atoms with Gasteiger partial charge in [0, 0.05) is 17.3 Å². The second-order valence-corrected chi connectivity index (χ2v) is 5.44. The lowest BCUT2D eigenvalue weighted by molar-refractivity contribution is 0.273. The molecule has 1 saturated heterocycles. The summed E-state index contributed by atoms with van der Waals surface area (Å²) in [4.78, 5) is 8.67. The van der Waals surface area contributed by atoms with Gasteiger partial charge in [0.15, 0.2) is 0 Å². The van der Waals surface area contributed by atoms with Gasteiger partial charge in [0.1, 0.15) is 11.5 Å². The van der Waals surface area contributed by atoms with Crippen LogP contribution in [0.15, 0.2) is 47.1 Å². The molecule has 3 aromatic rings. The van der Waals surface area contributed by atoms with Gasteiger partial charge >= 0.3 is 0 Å². The van der Waals surface area contributed by atoms with Gasteiger partial charge < -0.3 is 9.84 Å². The summed E-state index contributed by atoms with van der Waals surface area (Å²) in [5.41, 5.74) is 1.97. The third-order valence-corrected chi connectivity index (χ3v) is 3.73. The third kappa shape index (κ3) is 3.03. The number of halogens is 1. The van der Waals surface area contributed by atoms with Gasteiger partial charge in [-0.2, -0.15) is 4.98 Å². The molecule has 1 aliphatic rings. The van der Waals surface area contributed by atoms with Gasteiger partial charge in [-0.25, -0.2) is 4.39 Å². The summed E-state index contributed by atoms with van der Waals surface area (Å²) in [6.45, 7) is 0.972. The Balaban J connectivity index is 1.51. The Kier molecular flexibility index (Phi) is 3.77.